The summed E-state index contributed by atoms with van der Waals surface area (Å²) in [5, 5.41) is 13.7. The van der Waals surface area contributed by atoms with Gasteiger partial charge in [0.2, 0.25) is 0 Å². The van der Waals surface area contributed by atoms with Gasteiger partial charge in [-0.25, -0.2) is 4.79 Å². The van der Waals surface area contributed by atoms with Gasteiger partial charge in [0.25, 0.3) is 11.6 Å². The second kappa shape index (κ2) is 7.62. The zero-order valence-corrected chi connectivity index (χ0v) is 15.3. The first kappa shape index (κ1) is 18.9. The molecule has 0 atom stereocenters. The number of thiophene rings is 1. The van der Waals surface area contributed by atoms with E-state index in [2.05, 4.69) is 5.32 Å². The molecule has 132 valence electrons. The molecule has 0 bridgehead atoms. The van der Waals surface area contributed by atoms with Crippen molar-refractivity contribution in [3.8, 4) is 0 Å². The van der Waals surface area contributed by atoms with Crippen molar-refractivity contribution >= 4 is 45.5 Å². The summed E-state index contributed by atoms with van der Waals surface area (Å²) in [6, 6.07) is 3.57. The van der Waals surface area contributed by atoms with Gasteiger partial charge in [-0.1, -0.05) is 11.6 Å². The second-order valence-electron chi connectivity index (χ2n) is 5.08. The molecule has 0 saturated carbocycles. The van der Waals surface area contributed by atoms with Gasteiger partial charge in [0, 0.05) is 17.0 Å². The number of anilines is 1. The summed E-state index contributed by atoms with van der Waals surface area (Å²) in [7, 11) is 0. The van der Waals surface area contributed by atoms with Crippen LogP contribution in [0.3, 0.4) is 0 Å². The van der Waals surface area contributed by atoms with E-state index in [1.807, 2.05) is 6.92 Å². The summed E-state index contributed by atoms with van der Waals surface area (Å²) in [5.74, 6) is -1.08. The Kier molecular flexibility index (Phi) is 5.76. The fourth-order valence-corrected chi connectivity index (χ4v) is 3.44. The topological polar surface area (TPSA) is 98.5 Å². The molecule has 0 fully saturated rings. The number of nitro benzene ring substituents is 1. The number of halogens is 1. The van der Waals surface area contributed by atoms with Crippen molar-refractivity contribution in [2.75, 3.05) is 11.9 Å². The maximum atomic E-state index is 12.5. The average molecular weight is 383 g/mol. The lowest BCUT2D eigenvalue weighted by atomic mass is 10.1. The highest BCUT2D eigenvalue weighted by molar-refractivity contribution is 7.16. The van der Waals surface area contributed by atoms with Crippen LogP contribution in [0, 0.1) is 24.0 Å². The molecule has 1 heterocycles. The molecule has 2 aromatic rings. The monoisotopic (exact) mass is 382 g/mol. The first-order valence-electron chi connectivity index (χ1n) is 7.28. The molecular formula is C16H15ClN2O5S. The number of aryl methyl sites for hydroxylation is 1. The Labute approximate surface area is 152 Å². The summed E-state index contributed by atoms with van der Waals surface area (Å²) >= 11 is 7.22. The number of esters is 1. The van der Waals surface area contributed by atoms with Crippen LogP contribution in [0.4, 0.5) is 10.7 Å². The first-order valence-corrected chi connectivity index (χ1v) is 8.48. The summed E-state index contributed by atoms with van der Waals surface area (Å²) in [4.78, 5) is 35.6. The molecule has 7 nitrogen and oxygen atoms in total. The van der Waals surface area contributed by atoms with Gasteiger partial charge < -0.3 is 10.1 Å². The van der Waals surface area contributed by atoms with Gasteiger partial charge in [0.05, 0.1) is 27.7 Å². The Morgan fingerprint density at radius 1 is 1.36 bits per heavy atom. The van der Waals surface area contributed by atoms with Crippen LogP contribution in [0.15, 0.2) is 18.2 Å². The molecule has 25 heavy (non-hydrogen) atoms. The Morgan fingerprint density at radius 3 is 2.60 bits per heavy atom. The number of nitro groups is 1. The van der Waals surface area contributed by atoms with Crippen molar-refractivity contribution < 1.29 is 19.2 Å². The molecule has 0 aliphatic carbocycles. The van der Waals surface area contributed by atoms with E-state index in [1.54, 1.807) is 13.8 Å². The van der Waals surface area contributed by atoms with Gasteiger partial charge in [-0.2, -0.15) is 0 Å². The number of rotatable bonds is 5. The molecule has 1 aromatic carbocycles. The number of nitrogens with zero attached hydrogens (tertiary/aromatic N) is 1. The molecule has 0 saturated heterocycles. The molecule has 2 rings (SSSR count). The van der Waals surface area contributed by atoms with Gasteiger partial charge in [-0.15, -0.1) is 11.3 Å². The SMILES string of the molecule is CCOC(=O)c1c(NC(=O)c2ccc([N+](=O)[O-])cc2Cl)sc(C)c1C. The fraction of sp³-hybridized carbons (Fsp3) is 0.250. The van der Waals surface area contributed by atoms with E-state index in [9.17, 15) is 19.7 Å². The van der Waals surface area contributed by atoms with Crippen LogP contribution >= 0.6 is 22.9 Å². The van der Waals surface area contributed by atoms with Crippen LogP contribution in [-0.4, -0.2) is 23.4 Å². The molecule has 0 aliphatic rings. The number of carbonyl (C=O) groups excluding carboxylic acids is 2. The maximum Gasteiger partial charge on any atom is 0.341 e. The minimum atomic E-state index is -0.599. The number of ether oxygens (including phenoxy) is 1. The number of amides is 1. The lowest BCUT2D eigenvalue weighted by Crippen LogP contribution is -2.15. The highest BCUT2D eigenvalue weighted by atomic mass is 35.5. The van der Waals surface area contributed by atoms with Gasteiger partial charge in [-0.3, -0.25) is 14.9 Å². The van der Waals surface area contributed by atoms with Crippen molar-refractivity contribution in [1.29, 1.82) is 0 Å². The third kappa shape index (κ3) is 3.97. The van der Waals surface area contributed by atoms with Crippen LogP contribution in [0.2, 0.25) is 5.02 Å². The summed E-state index contributed by atoms with van der Waals surface area (Å²) in [6.07, 6.45) is 0. The van der Waals surface area contributed by atoms with Crippen molar-refractivity contribution in [2.45, 2.75) is 20.8 Å². The fourth-order valence-electron chi connectivity index (χ4n) is 2.14. The number of hydrogen-bond acceptors (Lipinski definition) is 6. The van der Waals surface area contributed by atoms with E-state index >= 15 is 0 Å². The van der Waals surface area contributed by atoms with Gasteiger partial charge in [0.1, 0.15) is 5.00 Å². The third-order valence-corrected chi connectivity index (χ3v) is 4.94. The number of nitrogens with one attached hydrogen (secondary N) is 1. The molecular weight excluding hydrogens is 368 g/mol. The van der Waals surface area contributed by atoms with Gasteiger partial charge in [-0.05, 0) is 32.4 Å². The summed E-state index contributed by atoms with van der Waals surface area (Å²) in [5.41, 5.74) is 0.895. The molecule has 1 amide bonds. The molecule has 0 radical (unpaired) electrons. The molecule has 9 heteroatoms. The van der Waals surface area contributed by atoms with E-state index in [0.717, 1.165) is 16.5 Å². The van der Waals surface area contributed by atoms with E-state index in [0.29, 0.717) is 10.6 Å². The Bertz CT molecular complexity index is 862. The Hall–Kier alpha value is -2.45. The largest absolute Gasteiger partial charge is 0.462 e. The third-order valence-electron chi connectivity index (χ3n) is 3.50. The molecule has 1 aromatic heterocycles. The lowest BCUT2D eigenvalue weighted by molar-refractivity contribution is -0.384. The zero-order chi connectivity index (χ0) is 18.7. The highest BCUT2D eigenvalue weighted by Crippen LogP contribution is 2.34. The molecule has 0 spiro atoms. The highest BCUT2D eigenvalue weighted by Gasteiger charge is 2.23. The number of hydrogen-bond donors (Lipinski definition) is 1. The van der Waals surface area contributed by atoms with Gasteiger partial charge >= 0.3 is 5.97 Å². The maximum absolute atomic E-state index is 12.5. The van der Waals surface area contributed by atoms with Crippen molar-refractivity contribution in [3.05, 3.63) is 54.9 Å². The van der Waals surface area contributed by atoms with Crippen molar-refractivity contribution in [3.63, 3.8) is 0 Å². The van der Waals surface area contributed by atoms with Crippen molar-refractivity contribution in [2.24, 2.45) is 0 Å². The number of non-ortho nitro benzene ring substituents is 1. The smallest absolute Gasteiger partial charge is 0.341 e. The summed E-state index contributed by atoms with van der Waals surface area (Å²) in [6.45, 7) is 5.51. The molecule has 0 unspecified atom stereocenters. The van der Waals surface area contributed by atoms with E-state index < -0.39 is 16.8 Å². The van der Waals surface area contributed by atoms with Crippen LogP contribution in [0.5, 0.6) is 0 Å². The predicted octanol–water partition coefficient (Wildman–Crippen LogP) is 4.36. The lowest BCUT2D eigenvalue weighted by Gasteiger charge is -2.08. The first-order chi connectivity index (χ1) is 11.8. The van der Waals surface area contributed by atoms with Gasteiger partial charge in [0.15, 0.2) is 0 Å². The van der Waals surface area contributed by atoms with Crippen molar-refractivity contribution in [1.82, 2.24) is 0 Å². The van der Waals surface area contributed by atoms with E-state index in [-0.39, 0.29) is 22.9 Å². The van der Waals surface area contributed by atoms with E-state index in [4.69, 9.17) is 16.3 Å². The zero-order valence-electron chi connectivity index (χ0n) is 13.7. The van der Waals surface area contributed by atoms with Crippen LogP contribution in [0.1, 0.15) is 38.1 Å². The average Bonchev–Trinajstić information content (AvgIpc) is 2.81. The normalized spacial score (nSPS) is 10.4. The minimum absolute atomic E-state index is 0.0469. The van der Waals surface area contributed by atoms with E-state index in [1.165, 1.54) is 23.5 Å². The van der Waals surface area contributed by atoms with Crippen LogP contribution in [-0.2, 0) is 4.74 Å². The Balaban J connectivity index is 2.34. The second-order valence-corrected chi connectivity index (χ2v) is 6.72. The minimum Gasteiger partial charge on any atom is -0.462 e. The van der Waals surface area contributed by atoms with Crippen LogP contribution in [0.25, 0.3) is 0 Å². The predicted molar refractivity (Wildman–Crippen MR) is 95.8 cm³/mol. The number of benzene rings is 1. The van der Waals surface area contributed by atoms with Crippen LogP contribution < -0.4 is 5.32 Å². The Morgan fingerprint density at radius 2 is 2.04 bits per heavy atom. The standard InChI is InChI=1S/C16H15ClN2O5S/c1-4-24-16(21)13-8(2)9(3)25-15(13)18-14(20)11-6-5-10(19(22)23)7-12(11)17/h5-7H,4H2,1-3H3,(H,18,20). The quantitative estimate of drug-likeness (QED) is 0.470. The number of carbonyl (C=O) groups is 2. The summed E-state index contributed by atoms with van der Waals surface area (Å²) < 4.78 is 5.03. The molecule has 0 aliphatic heterocycles. The molecule has 1 N–H and O–H groups in total.